The van der Waals surface area contributed by atoms with Gasteiger partial charge >= 0.3 is 5.97 Å². The van der Waals surface area contributed by atoms with Crippen molar-refractivity contribution >= 4 is 39.9 Å². The largest absolute Gasteiger partial charge is 0.490 e. The summed E-state index contributed by atoms with van der Waals surface area (Å²) in [5, 5.41) is 2.25. The molecule has 0 bridgehead atoms. The molecule has 0 aliphatic heterocycles. The van der Waals surface area contributed by atoms with Crippen LogP contribution in [0.15, 0.2) is 48.0 Å². The quantitative estimate of drug-likeness (QED) is 0.387. The zero-order chi connectivity index (χ0) is 16.1. The van der Waals surface area contributed by atoms with Crippen molar-refractivity contribution in [2.45, 2.75) is 0 Å². The van der Waals surface area contributed by atoms with Crippen LogP contribution in [0.4, 0.5) is 0 Å². The Morgan fingerprint density at radius 1 is 1.30 bits per heavy atom. The Bertz CT molecular complexity index is 826. The standard InChI is InChI=1S/C16H13ClN2O3S/c17-15-13(19-8-11-23-16(19)18-15)6-7-14(20)22-10-9-21-12-4-2-1-3-5-12/h1-8,11H,9-10H2/b7-6+. The van der Waals surface area contributed by atoms with Crippen molar-refractivity contribution in [1.82, 2.24) is 9.38 Å². The molecule has 0 N–H and O–H groups in total. The number of para-hydroxylation sites is 1. The van der Waals surface area contributed by atoms with E-state index < -0.39 is 5.97 Å². The summed E-state index contributed by atoms with van der Waals surface area (Å²) in [6.07, 6.45) is 4.77. The third-order valence-electron chi connectivity index (χ3n) is 2.97. The summed E-state index contributed by atoms with van der Waals surface area (Å²) in [5.74, 6) is 0.285. The molecule has 23 heavy (non-hydrogen) atoms. The summed E-state index contributed by atoms with van der Waals surface area (Å²) in [7, 11) is 0. The average molecular weight is 349 g/mol. The van der Waals surface area contributed by atoms with Gasteiger partial charge in [0.05, 0.1) is 5.69 Å². The number of aromatic nitrogens is 2. The number of hydrogen-bond donors (Lipinski definition) is 0. The normalized spacial score (nSPS) is 11.2. The molecule has 1 aromatic carbocycles. The van der Waals surface area contributed by atoms with Gasteiger partial charge in [-0.1, -0.05) is 29.8 Å². The summed E-state index contributed by atoms with van der Waals surface area (Å²) in [5.41, 5.74) is 0.653. The Kier molecular flexibility index (Phi) is 4.95. The second-order valence-electron chi connectivity index (χ2n) is 4.51. The highest BCUT2D eigenvalue weighted by atomic mass is 35.5. The van der Waals surface area contributed by atoms with E-state index in [1.165, 1.54) is 17.4 Å². The van der Waals surface area contributed by atoms with Gasteiger partial charge in [0, 0.05) is 17.7 Å². The first-order valence-corrected chi connectivity index (χ1v) is 8.13. The van der Waals surface area contributed by atoms with E-state index in [0.29, 0.717) is 17.5 Å². The molecule has 7 heteroatoms. The number of nitrogens with zero attached hydrogens (tertiary/aromatic N) is 2. The van der Waals surface area contributed by atoms with Crippen molar-refractivity contribution in [3.05, 3.63) is 58.8 Å². The lowest BCUT2D eigenvalue weighted by molar-refractivity contribution is -0.138. The molecular weight excluding hydrogens is 336 g/mol. The molecule has 2 aromatic heterocycles. The van der Waals surface area contributed by atoms with Crippen molar-refractivity contribution in [3.63, 3.8) is 0 Å². The van der Waals surface area contributed by atoms with Gasteiger partial charge in [-0.25, -0.2) is 9.78 Å². The molecule has 3 rings (SSSR count). The monoisotopic (exact) mass is 348 g/mol. The number of rotatable bonds is 6. The van der Waals surface area contributed by atoms with E-state index in [1.807, 2.05) is 46.3 Å². The Morgan fingerprint density at radius 3 is 2.96 bits per heavy atom. The Hall–Kier alpha value is -2.31. The molecular formula is C16H13ClN2O3S. The highest BCUT2D eigenvalue weighted by Crippen LogP contribution is 2.22. The van der Waals surface area contributed by atoms with Gasteiger partial charge in [-0.2, -0.15) is 0 Å². The number of carbonyl (C=O) groups excluding carboxylic acids is 1. The minimum atomic E-state index is -0.456. The van der Waals surface area contributed by atoms with Crippen molar-refractivity contribution in [2.24, 2.45) is 0 Å². The van der Waals surface area contributed by atoms with Crippen LogP contribution in [0.1, 0.15) is 5.69 Å². The number of fused-ring (bicyclic) bond motifs is 1. The molecule has 0 amide bonds. The first kappa shape index (κ1) is 15.6. The molecule has 2 heterocycles. The SMILES string of the molecule is O=C(/C=C/c1c(Cl)nc2sccn12)OCCOc1ccccc1. The number of carbonyl (C=O) groups is 1. The van der Waals surface area contributed by atoms with Crippen molar-refractivity contribution in [2.75, 3.05) is 13.2 Å². The Morgan fingerprint density at radius 2 is 2.13 bits per heavy atom. The van der Waals surface area contributed by atoms with E-state index in [-0.39, 0.29) is 6.61 Å². The number of imidazole rings is 1. The third-order valence-corrected chi connectivity index (χ3v) is 4.01. The molecule has 5 nitrogen and oxygen atoms in total. The number of thiazole rings is 1. The number of benzene rings is 1. The van der Waals surface area contributed by atoms with Gasteiger partial charge in [-0.3, -0.25) is 4.40 Å². The number of halogens is 1. The first-order valence-electron chi connectivity index (χ1n) is 6.88. The lowest BCUT2D eigenvalue weighted by atomic mass is 10.3. The van der Waals surface area contributed by atoms with Crippen LogP contribution in [0.5, 0.6) is 5.75 Å². The summed E-state index contributed by atoms with van der Waals surface area (Å²) < 4.78 is 12.3. The molecule has 0 fully saturated rings. The molecule has 0 aliphatic rings. The molecule has 0 aliphatic carbocycles. The van der Waals surface area contributed by atoms with Crippen LogP contribution in [0.25, 0.3) is 11.0 Å². The van der Waals surface area contributed by atoms with Crippen LogP contribution < -0.4 is 4.74 Å². The molecule has 0 saturated carbocycles. The maximum absolute atomic E-state index is 11.7. The van der Waals surface area contributed by atoms with Gasteiger partial charge in [0.2, 0.25) is 0 Å². The smallest absolute Gasteiger partial charge is 0.330 e. The lowest BCUT2D eigenvalue weighted by Crippen LogP contribution is -2.10. The molecule has 0 spiro atoms. The Balaban J connectivity index is 1.49. The first-order chi connectivity index (χ1) is 11.2. The molecule has 0 radical (unpaired) electrons. The predicted molar refractivity (Wildman–Crippen MR) is 90.0 cm³/mol. The fourth-order valence-electron chi connectivity index (χ4n) is 1.94. The van der Waals surface area contributed by atoms with Gasteiger partial charge in [-0.15, -0.1) is 11.3 Å². The van der Waals surface area contributed by atoms with Gasteiger partial charge in [-0.05, 0) is 18.2 Å². The highest BCUT2D eigenvalue weighted by Gasteiger charge is 2.08. The molecule has 0 atom stereocenters. The number of esters is 1. The average Bonchev–Trinajstić information content (AvgIpc) is 3.11. The lowest BCUT2D eigenvalue weighted by Gasteiger charge is -2.05. The van der Waals surface area contributed by atoms with E-state index >= 15 is 0 Å². The van der Waals surface area contributed by atoms with E-state index in [1.54, 1.807) is 6.08 Å². The van der Waals surface area contributed by atoms with E-state index in [4.69, 9.17) is 21.1 Å². The second kappa shape index (κ2) is 7.30. The van der Waals surface area contributed by atoms with Crippen LogP contribution in [0.2, 0.25) is 5.15 Å². The predicted octanol–water partition coefficient (Wildman–Crippen LogP) is 3.68. The molecule has 118 valence electrons. The summed E-state index contributed by atoms with van der Waals surface area (Å²) in [6, 6.07) is 9.35. The number of hydrogen-bond acceptors (Lipinski definition) is 5. The molecule has 0 saturated heterocycles. The van der Waals surface area contributed by atoms with E-state index in [9.17, 15) is 4.79 Å². The van der Waals surface area contributed by atoms with Gasteiger partial charge in [0.1, 0.15) is 19.0 Å². The zero-order valence-electron chi connectivity index (χ0n) is 12.0. The number of ether oxygens (including phenoxy) is 2. The highest BCUT2D eigenvalue weighted by molar-refractivity contribution is 7.15. The minimum Gasteiger partial charge on any atom is -0.490 e. The van der Waals surface area contributed by atoms with Crippen LogP contribution in [-0.2, 0) is 9.53 Å². The van der Waals surface area contributed by atoms with Gasteiger partial charge in [0.25, 0.3) is 0 Å². The van der Waals surface area contributed by atoms with Crippen LogP contribution in [0.3, 0.4) is 0 Å². The maximum Gasteiger partial charge on any atom is 0.330 e. The fourth-order valence-corrected chi connectivity index (χ4v) is 2.94. The van der Waals surface area contributed by atoms with Crippen molar-refractivity contribution < 1.29 is 14.3 Å². The zero-order valence-corrected chi connectivity index (χ0v) is 13.6. The van der Waals surface area contributed by atoms with Gasteiger partial charge < -0.3 is 9.47 Å². The van der Waals surface area contributed by atoms with E-state index in [0.717, 1.165) is 10.7 Å². The van der Waals surface area contributed by atoms with Crippen LogP contribution >= 0.6 is 22.9 Å². The molecule has 3 aromatic rings. The Labute approximate surface area is 141 Å². The summed E-state index contributed by atoms with van der Waals surface area (Å²) >= 11 is 7.51. The van der Waals surface area contributed by atoms with Crippen molar-refractivity contribution in [1.29, 1.82) is 0 Å². The fraction of sp³-hybridized carbons (Fsp3) is 0.125. The van der Waals surface area contributed by atoms with Gasteiger partial charge in [0.15, 0.2) is 10.1 Å². The van der Waals surface area contributed by atoms with Crippen LogP contribution in [0, 0.1) is 0 Å². The van der Waals surface area contributed by atoms with E-state index in [2.05, 4.69) is 4.98 Å². The maximum atomic E-state index is 11.7. The summed E-state index contributed by atoms with van der Waals surface area (Å²) in [6.45, 7) is 0.470. The second-order valence-corrected chi connectivity index (χ2v) is 5.74. The van der Waals surface area contributed by atoms with Crippen LogP contribution in [-0.4, -0.2) is 28.6 Å². The van der Waals surface area contributed by atoms with Crippen molar-refractivity contribution in [3.8, 4) is 5.75 Å². The third kappa shape index (κ3) is 3.91. The summed E-state index contributed by atoms with van der Waals surface area (Å²) in [4.78, 5) is 16.7. The topological polar surface area (TPSA) is 52.8 Å². The molecule has 0 unspecified atom stereocenters. The minimum absolute atomic E-state index is 0.173.